The first-order valence-electron chi connectivity index (χ1n) is 7.12. The molecule has 1 N–H and O–H groups in total. The summed E-state index contributed by atoms with van der Waals surface area (Å²) < 4.78 is 0. The highest BCUT2D eigenvalue weighted by molar-refractivity contribution is 5.19. The summed E-state index contributed by atoms with van der Waals surface area (Å²) in [5, 5.41) is 3.40. The standard InChI is InChI=1S/C17H27N/c1-5-9-16(17-10-7-6-8-11-17)13-12-15(4)18-14(2)3/h6-8,10-11,14,16,18H,4-5,9,12-13H2,1-3H3. The number of nitrogens with one attached hydrogen (secondary N) is 1. The monoisotopic (exact) mass is 245 g/mol. The normalized spacial score (nSPS) is 12.4. The third kappa shape index (κ3) is 5.39. The molecule has 1 aromatic rings. The summed E-state index contributed by atoms with van der Waals surface area (Å²) in [6, 6.07) is 11.3. The third-order valence-corrected chi connectivity index (χ3v) is 3.20. The molecule has 1 atom stereocenters. The topological polar surface area (TPSA) is 12.0 Å². The Kier molecular flexibility index (Phi) is 6.56. The van der Waals surface area contributed by atoms with Gasteiger partial charge in [-0.3, -0.25) is 0 Å². The van der Waals surface area contributed by atoms with Crippen molar-refractivity contribution in [2.75, 3.05) is 0 Å². The van der Waals surface area contributed by atoms with Crippen LogP contribution in [-0.2, 0) is 0 Å². The van der Waals surface area contributed by atoms with Crippen molar-refractivity contribution in [3.8, 4) is 0 Å². The molecule has 0 spiro atoms. The van der Waals surface area contributed by atoms with E-state index >= 15 is 0 Å². The zero-order valence-corrected chi connectivity index (χ0v) is 12.1. The van der Waals surface area contributed by atoms with Crippen molar-refractivity contribution in [3.05, 3.63) is 48.2 Å². The van der Waals surface area contributed by atoms with E-state index in [1.165, 1.54) is 30.5 Å². The van der Waals surface area contributed by atoms with E-state index in [-0.39, 0.29) is 0 Å². The van der Waals surface area contributed by atoms with Gasteiger partial charge in [0.05, 0.1) is 0 Å². The smallest absolute Gasteiger partial charge is 0.0201 e. The molecule has 100 valence electrons. The Balaban J connectivity index is 2.51. The van der Waals surface area contributed by atoms with Crippen LogP contribution in [0.4, 0.5) is 0 Å². The van der Waals surface area contributed by atoms with Crippen molar-refractivity contribution >= 4 is 0 Å². The van der Waals surface area contributed by atoms with E-state index in [0.717, 1.165) is 6.42 Å². The van der Waals surface area contributed by atoms with Gasteiger partial charge >= 0.3 is 0 Å². The van der Waals surface area contributed by atoms with Crippen LogP contribution in [-0.4, -0.2) is 6.04 Å². The van der Waals surface area contributed by atoms with E-state index in [4.69, 9.17) is 0 Å². The molecule has 0 aliphatic rings. The summed E-state index contributed by atoms with van der Waals surface area (Å²) in [7, 11) is 0. The quantitative estimate of drug-likeness (QED) is 0.689. The highest BCUT2D eigenvalue weighted by Gasteiger charge is 2.10. The van der Waals surface area contributed by atoms with E-state index in [1.54, 1.807) is 0 Å². The molecule has 0 saturated carbocycles. The summed E-state index contributed by atoms with van der Waals surface area (Å²) in [6.07, 6.45) is 4.76. The van der Waals surface area contributed by atoms with Crippen LogP contribution in [0.25, 0.3) is 0 Å². The second kappa shape index (κ2) is 7.97. The zero-order chi connectivity index (χ0) is 13.4. The maximum Gasteiger partial charge on any atom is 0.0201 e. The van der Waals surface area contributed by atoms with E-state index in [2.05, 4.69) is 63.0 Å². The molecule has 0 saturated heterocycles. The number of benzene rings is 1. The highest BCUT2D eigenvalue weighted by Crippen LogP contribution is 2.27. The van der Waals surface area contributed by atoms with Gasteiger partial charge in [-0.15, -0.1) is 0 Å². The molecule has 0 radical (unpaired) electrons. The summed E-state index contributed by atoms with van der Waals surface area (Å²) >= 11 is 0. The molecule has 1 nitrogen and oxygen atoms in total. The van der Waals surface area contributed by atoms with Crippen molar-refractivity contribution in [1.82, 2.24) is 5.32 Å². The first kappa shape index (κ1) is 14.8. The number of hydrogen-bond donors (Lipinski definition) is 1. The maximum atomic E-state index is 4.11. The van der Waals surface area contributed by atoms with Crippen LogP contribution in [0.5, 0.6) is 0 Å². The minimum Gasteiger partial charge on any atom is -0.387 e. The average Bonchev–Trinajstić information content (AvgIpc) is 2.34. The molecule has 1 rings (SSSR count). The average molecular weight is 245 g/mol. The van der Waals surface area contributed by atoms with Crippen LogP contribution in [0.15, 0.2) is 42.6 Å². The largest absolute Gasteiger partial charge is 0.387 e. The highest BCUT2D eigenvalue weighted by atomic mass is 14.9. The molecular weight excluding hydrogens is 218 g/mol. The second-order valence-electron chi connectivity index (χ2n) is 5.34. The van der Waals surface area contributed by atoms with Crippen LogP contribution in [0.2, 0.25) is 0 Å². The first-order chi connectivity index (χ1) is 8.63. The van der Waals surface area contributed by atoms with Gasteiger partial charge in [-0.2, -0.15) is 0 Å². The first-order valence-corrected chi connectivity index (χ1v) is 7.12. The van der Waals surface area contributed by atoms with Crippen LogP contribution in [0.3, 0.4) is 0 Å². The number of allylic oxidation sites excluding steroid dienone is 1. The molecule has 0 aromatic heterocycles. The SMILES string of the molecule is C=C(CCC(CCC)c1ccccc1)NC(C)C. The van der Waals surface area contributed by atoms with Gasteiger partial charge in [0.15, 0.2) is 0 Å². The lowest BCUT2D eigenvalue weighted by Gasteiger charge is -2.19. The van der Waals surface area contributed by atoms with Gasteiger partial charge in [0, 0.05) is 11.7 Å². The minimum absolute atomic E-state index is 0.485. The number of rotatable bonds is 8. The number of hydrogen-bond acceptors (Lipinski definition) is 1. The molecule has 1 unspecified atom stereocenters. The lowest BCUT2D eigenvalue weighted by atomic mass is 9.90. The predicted octanol–water partition coefficient (Wildman–Crippen LogP) is 4.86. The van der Waals surface area contributed by atoms with Crippen molar-refractivity contribution in [3.63, 3.8) is 0 Å². The molecule has 0 aliphatic carbocycles. The second-order valence-corrected chi connectivity index (χ2v) is 5.34. The summed E-state index contributed by atoms with van der Waals surface area (Å²) in [4.78, 5) is 0. The van der Waals surface area contributed by atoms with Crippen molar-refractivity contribution in [2.45, 2.75) is 58.4 Å². The summed E-state index contributed by atoms with van der Waals surface area (Å²) in [6.45, 7) is 10.7. The van der Waals surface area contributed by atoms with E-state index in [9.17, 15) is 0 Å². The molecule has 0 heterocycles. The Labute approximate surface area is 112 Å². The van der Waals surface area contributed by atoms with Gasteiger partial charge in [0.1, 0.15) is 0 Å². The van der Waals surface area contributed by atoms with Crippen molar-refractivity contribution < 1.29 is 0 Å². The third-order valence-electron chi connectivity index (χ3n) is 3.20. The van der Waals surface area contributed by atoms with Crippen LogP contribution < -0.4 is 5.32 Å². The fraction of sp³-hybridized carbons (Fsp3) is 0.529. The fourth-order valence-corrected chi connectivity index (χ4v) is 2.38. The lowest BCUT2D eigenvalue weighted by molar-refractivity contribution is 0.544. The fourth-order valence-electron chi connectivity index (χ4n) is 2.38. The molecule has 1 heteroatoms. The van der Waals surface area contributed by atoms with Crippen LogP contribution in [0.1, 0.15) is 57.9 Å². The molecule has 0 amide bonds. The lowest BCUT2D eigenvalue weighted by Crippen LogP contribution is -2.21. The Morgan fingerprint density at radius 3 is 2.39 bits per heavy atom. The molecule has 18 heavy (non-hydrogen) atoms. The minimum atomic E-state index is 0.485. The molecule has 0 fully saturated rings. The Bertz CT molecular complexity index is 340. The predicted molar refractivity (Wildman–Crippen MR) is 80.7 cm³/mol. The van der Waals surface area contributed by atoms with Gasteiger partial charge in [-0.25, -0.2) is 0 Å². The Morgan fingerprint density at radius 1 is 1.17 bits per heavy atom. The van der Waals surface area contributed by atoms with E-state index in [1.807, 2.05) is 0 Å². The van der Waals surface area contributed by atoms with Crippen LogP contribution >= 0.6 is 0 Å². The Morgan fingerprint density at radius 2 is 1.83 bits per heavy atom. The molecule has 1 aromatic carbocycles. The van der Waals surface area contributed by atoms with E-state index < -0.39 is 0 Å². The summed E-state index contributed by atoms with van der Waals surface area (Å²) in [5.74, 6) is 0.668. The van der Waals surface area contributed by atoms with Gasteiger partial charge < -0.3 is 5.32 Å². The van der Waals surface area contributed by atoms with Gasteiger partial charge in [-0.1, -0.05) is 50.3 Å². The van der Waals surface area contributed by atoms with Crippen molar-refractivity contribution in [1.29, 1.82) is 0 Å². The zero-order valence-electron chi connectivity index (χ0n) is 12.1. The van der Waals surface area contributed by atoms with Gasteiger partial charge in [0.2, 0.25) is 0 Å². The molecule has 0 aliphatic heterocycles. The summed E-state index contributed by atoms with van der Waals surface area (Å²) in [5.41, 5.74) is 2.64. The Hall–Kier alpha value is -1.24. The molecule has 0 bridgehead atoms. The van der Waals surface area contributed by atoms with Crippen molar-refractivity contribution in [2.24, 2.45) is 0 Å². The van der Waals surface area contributed by atoms with Gasteiger partial charge in [0.25, 0.3) is 0 Å². The van der Waals surface area contributed by atoms with E-state index in [0.29, 0.717) is 12.0 Å². The molecular formula is C17H27N. The maximum absolute atomic E-state index is 4.11. The van der Waals surface area contributed by atoms with Crippen LogP contribution in [0, 0.1) is 0 Å². The van der Waals surface area contributed by atoms with Gasteiger partial charge in [-0.05, 0) is 44.6 Å².